The van der Waals surface area contributed by atoms with Crippen LogP contribution < -0.4 is 16.2 Å². The highest BCUT2D eigenvalue weighted by atomic mass is 16.5. The predicted octanol–water partition coefficient (Wildman–Crippen LogP) is 6.61. The number of fused-ring (bicyclic) bond motifs is 9. The molecule has 4 aromatic carbocycles. The van der Waals surface area contributed by atoms with Crippen LogP contribution in [-0.2, 0) is 5.41 Å². The van der Waals surface area contributed by atoms with E-state index in [-0.39, 0.29) is 0 Å². The maximum atomic E-state index is 6.37. The smallest absolute Gasteiger partial charge is 0.134 e. The van der Waals surface area contributed by atoms with E-state index in [0.29, 0.717) is 11.4 Å². The van der Waals surface area contributed by atoms with E-state index >= 15 is 0 Å². The predicted molar refractivity (Wildman–Crippen MR) is 133 cm³/mol. The van der Waals surface area contributed by atoms with Crippen molar-refractivity contribution in [2.75, 3.05) is 11.5 Å². The normalized spacial score (nSPS) is 14.0. The highest BCUT2D eigenvalue weighted by Gasteiger charge is 2.51. The Labute approximate surface area is 187 Å². The molecule has 32 heavy (non-hydrogen) atoms. The first-order valence-corrected chi connectivity index (χ1v) is 10.6. The van der Waals surface area contributed by atoms with E-state index in [4.69, 9.17) is 16.2 Å². The molecular formula is C29H22N2O. The van der Waals surface area contributed by atoms with Crippen molar-refractivity contribution in [1.82, 2.24) is 0 Å². The maximum Gasteiger partial charge on any atom is 0.134 e. The number of anilines is 2. The molecule has 2 aliphatic rings. The van der Waals surface area contributed by atoms with Crippen LogP contribution in [-0.4, -0.2) is 0 Å². The van der Waals surface area contributed by atoms with E-state index in [9.17, 15) is 0 Å². The van der Waals surface area contributed by atoms with Crippen LogP contribution in [0.4, 0.5) is 11.4 Å². The highest BCUT2D eigenvalue weighted by Crippen LogP contribution is 2.62. The van der Waals surface area contributed by atoms with Gasteiger partial charge < -0.3 is 16.2 Å². The molecule has 0 atom stereocenters. The van der Waals surface area contributed by atoms with Crippen molar-refractivity contribution >= 4 is 23.5 Å². The topological polar surface area (TPSA) is 61.3 Å². The number of benzene rings is 4. The molecule has 4 N–H and O–H groups in total. The Kier molecular flexibility index (Phi) is 3.69. The summed E-state index contributed by atoms with van der Waals surface area (Å²) in [6, 6.07) is 24.9. The molecule has 0 amide bonds. The van der Waals surface area contributed by atoms with E-state index in [0.717, 1.165) is 33.8 Å². The fourth-order valence-corrected chi connectivity index (χ4v) is 5.32. The third-order valence-corrected chi connectivity index (χ3v) is 6.70. The minimum Gasteiger partial charge on any atom is -0.457 e. The average molecular weight is 415 g/mol. The lowest BCUT2D eigenvalue weighted by Gasteiger charge is -2.39. The van der Waals surface area contributed by atoms with Gasteiger partial charge in [0.2, 0.25) is 0 Å². The van der Waals surface area contributed by atoms with Crippen LogP contribution in [0.3, 0.4) is 0 Å². The molecule has 1 heterocycles. The summed E-state index contributed by atoms with van der Waals surface area (Å²) < 4.78 is 6.37. The third-order valence-electron chi connectivity index (χ3n) is 6.70. The first kappa shape index (κ1) is 18.5. The summed E-state index contributed by atoms with van der Waals surface area (Å²) in [6.45, 7) is 8.01. The zero-order valence-electron chi connectivity index (χ0n) is 17.6. The van der Waals surface area contributed by atoms with Crippen molar-refractivity contribution in [3.63, 3.8) is 0 Å². The molecule has 0 radical (unpaired) electrons. The van der Waals surface area contributed by atoms with Crippen LogP contribution in [0, 0.1) is 0 Å². The van der Waals surface area contributed by atoms with Gasteiger partial charge in [-0.05, 0) is 57.6 Å². The van der Waals surface area contributed by atoms with Gasteiger partial charge in [0.25, 0.3) is 0 Å². The molecule has 0 saturated carbocycles. The van der Waals surface area contributed by atoms with Gasteiger partial charge in [0, 0.05) is 34.6 Å². The standard InChI is InChI=1S/C29H22N2O/c1-3-17-5-9-21-22-10-6-18(4-2)14-26(22)29(25(21)13-17)23-11-7-19(30)15-27(23)32-28-16-20(31)8-12-24(28)29/h3-16H,1-2,30-31H2. The average Bonchev–Trinajstić information content (AvgIpc) is 3.08. The number of rotatable bonds is 2. The lowest BCUT2D eigenvalue weighted by molar-refractivity contribution is 0.437. The van der Waals surface area contributed by atoms with Crippen LogP contribution in [0.2, 0.25) is 0 Å². The second-order valence-corrected chi connectivity index (χ2v) is 8.38. The van der Waals surface area contributed by atoms with Crippen molar-refractivity contribution in [3.05, 3.63) is 119 Å². The summed E-state index contributed by atoms with van der Waals surface area (Å²) in [4.78, 5) is 0. The van der Waals surface area contributed by atoms with Gasteiger partial charge in [0.15, 0.2) is 0 Å². The van der Waals surface area contributed by atoms with Gasteiger partial charge in [-0.1, -0.05) is 61.7 Å². The number of nitrogen functional groups attached to an aromatic ring is 2. The largest absolute Gasteiger partial charge is 0.457 e. The molecule has 0 bridgehead atoms. The van der Waals surface area contributed by atoms with E-state index in [1.807, 2.05) is 36.4 Å². The van der Waals surface area contributed by atoms with Crippen LogP contribution >= 0.6 is 0 Å². The van der Waals surface area contributed by atoms with Crippen LogP contribution in [0.5, 0.6) is 11.5 Å². The quantitative estimate of drug-likeness (QED) is 0.314. The molecule has 1 spiro atoms. The summed E-state index contributed by atoms with van der Waals surface area (Å²) in [5.41, 5.74) is 22.2. The van der Waals surface area contributed by atoms with E-state index < -0.39 is 5.41 Å². The Hall–Kier alpha value is -4.24. The van der Waals surface area contributed by atoms with Crippen LogP contribution in [0.25, 0.3) is 23.3 Å². The zero-order valence-corrected chi connectivity index (χ0v) is 17.6. The molecular weight excluding hydrogens is 392 g/mol. The molecule has 6 rings (SSSR count). The van der Waals surface area contributed by atoms with Gasteiger partial charge in [-0.15, -0.1) is 0 Å². The van der Waals surface area contributed by atoms with Crippen molar-refractivity contribution < 1.29 is 4.74 Å². The molecule has 0 saturated heterocycles. The number of hydrogen-bond acceptors (Lipinski definition) is 3. The minimum atomic E-state index is -0.562. The SMILES string of the molecule is C=Cc1ccc2c(c1)C1(c3ccc(N)cc3Oc3cc(N)ccc31)c1cc(C=C)ccc1-2. The van der Waals surface area contributed by atoms with Crippen molar-refractivity contribution in [1.29, 1.82) is 0 Å². The molecule has 0 aromatic heterocycles. The first-order valence-electron chi connectivity index (χ1n) is 10.6. The molecule has 1 aliphatic heterocycles. The molecule has 3 heteroatoms. The second kappa shape index (κ2) is 6.38. The van der Waals surface area contributed by atoms with Gasteiger partial charge in [-0.25, -0.2) is 0 Å². The summed E-state index contributed by atoms with van der Waals surface area (Å²) in [5, 5.41) is 0. The maximum absolute atomic E-state index is 6.37. The van der Waals surface area contributed by atoms with Crippen molar-refractivity contribution in [3.8, 4) is 22.6 Å². The number of nitrogens with two attached hydrogens (primary N) is 2. The lowest BCUT2D eigenvalue weighted by atomic mass is 9.65. The zero-order chi connectivity index (χ0) is 22.0. The Morgan fingerprint density at radius 3 is 1.50 bits per heavy atom. The Morgan fingerprint density at radius 1 is 0.594 bits per heavy atom. The molecule has 0 unspecified atom stereocenters. The summed E-state index contributed by atoms with van der Waals surface area (Å²) >= 11 is 0. The van der Waals surface area contributed by atoms with E-state index in [1.54, 1.807) is 0 Å². The van der Waals surface area contributed by atoms with Gasteiger partial charge in [-0.2, -0.15) is 0 Å². The van der Waals surface area contributed by atoms with Crippen LogP contribution in [0.1, 0.15) is 33.4 Å². The van der Waals surface area contributed by atoms with Gasteiger partial charge in [0.05, 0.1) is 5.41 Å². The fourth-order valence-electron chi connectivity index (χ4n) is 5.32. The number of ether oxygens (including phenoxy) is 1. The Morgan fingerprint density at radius 2 is 1.06 bits per heavy atom. The Bertz CT molecular complexity index is 1350. The van der Waals surface area contributed by atoms with Crippen molar-refractivity contribution in [2.45, 2.75) is 5.41 Å². The Balaban J connectivity index is 1.85. The van der Waals surface area contributed by atoms with Gasteiger partial charge >= 0.3 is 0 Å². The number of hydrogen-bond donors (Lipinski definition) is 2. The lowest BCUT2D eigenvalue weighted by Crippen LogP contribution is -2.32. The molecule has 1 aliphatic carbocycles. The van der Waals surface area contributed by atoms with E-state index in [1.165, 1.54) is 22.3 Å². The summed E-state index contributed by atoms with van der Waals surface area (Å²) in [6.07, 6.45) is 3.78. The van der Waals surface area contributed by atoms with Gasteiger partial charge in [0.1, 0.15) is 11.5 Å². The summed E-state index contributed by atoms with van der Waals surface area (Å²) in [5.74, 6) is 1.49. The molecule has 0 fully saturated rings. The fraction of sp³-hybridized carbons (Fsp3) is 0.0345. The minimum absolute atomic E-state index is 0.562. The summed E-state index contributed by atoms with van der Waals surface area (Å²) in [7, 11) is 0. The first-order chi connectivity index (χ1) is 15.6. The highest BCUT2D eigenvalue weighted by molar-refractivity contribution is 5.90. The monoisotopic (exact) mass is 414 g/mol. The molecule has 3 nitrogen and oxygen atoms in total. The second-order valence-electron chi connectivity index (χ2n) is 8.38. The molecule has 4 aromatic rings. The molecule has 154 valence electrons. The third kappa shape index (κ3) is 2.25. The van der Waals surface area contributed by atoms with Crippen molar-refractivity contribution in [2.24, 2.45) is 0 Å². The van der Waals surface area contributed by atoms with Crippen LogP contribution in [0.15, 0.2) is 86.0 Å². The van der Waals surface area contributed by atoms with Gasteiger partial charge in [-0.3, -0.25) is 0 Å². The van der Waals surface area contributed by atoms with E-state index in [2.05, 4.69) is 61.7 Å².